The van der Waals surface area contributed by atoms with Crippen LogP contribution in [0.4, 0.5) is 15.8 Å². The highest BCUT2D eigenvalue weighted by molar-refractivity contribution is 5.69. The predicted octanol–water partition coefficient (Wildman–Crippen LogP) is 4.17. The molecule has 0 amide bonds. The van der Waals surface area contributed by atoms with Crippen molar-refractivity contribution in [3.63, 3.8) is 0 Å². The number of anilines is 2. The van der Waals surface area contributed by atoms with Gasteiger partial charge < -0.3 is 4.90 Å². The van der Waals surface area contributed by atoms with Crippen LogP contribution in [-0.4, -0.2) is 6.04 Å². The van der Waals surface area contributed by atoms with Crippen LogP contribution < -0.4 is 4.90 Å². The molecular formula is C17H15FN2. The quantitative estimate of drug-likeness (QED) is 0.774. The molecule has 0 N–H and O–H groups in total. The van der Waals surface area contributed by atoms with Gasteiger partial charge in [0.05, 0.1) is 11.6 Å². The zero-order valence-electron chi connectivity index (χ0n) is 11.3. The maximum Gasteiger partial charge on any atom is 0.126 e. The van der Waals surface area contributed by atoms with E-state index in [9.17, 15) is 4.39 Å². The molecule has 1 unspecified atom stereocenters. The molecule has 1 aliphatic heterocycles. The first kappa shape index (κ1) is 12.7. The molecule has 0 saturated heterocycles. The smallest absolute Gasteiger partial charge is 0.126 e. The number of benzene rings is 2. The number of para-hydroxylation sites is 1. The number of rotatable bonds is 1. The van der Waals surface area contributed by atoms with Gasteiger partial charge in [-0.25, -0.2) is 4.39 Å². The summed E-state index contributed by atoms with van der Waals surface area (Å²) in [5, 5.41) is 9.01. The van der Waals surface area contributed by atoms with Crippen molar-refractivity contribution in [3.8, 4) is 6.07 Å². The number of hydrogen-bond acceptors (Lipinski definition) is 2. The van der Waals surface area contributed by atoms with E-state index in [1.54, 1.807) is 6.07 Å². The molecule has 0 aliphatic carbocycles. The fourth-order valence-electron chi connectivity index (χ4n) is 2.86. The second kappa shape index (κ2) is 4.97. The Kier molecular flexibility index (Phi) is 3.15. The van der Waals surface area contributed by atoms with E-state index in [0.29, 0.717) is 11.6 Å². The van der Waals surface area contributed by atoms with Gasteiger partial charge in [-0.3, -0.25) is 0 Å². The summed E-state index contributed by atoms with van der Waals surface area (Å²) in [7, 11) is 0. The molecule has 0 saturated carbocycles. The van der Waals surface area contributed by atoms with Gasteiger partial charge in [-0.15, -0.1) is 0 Å². The van der Waals surface area contributed by atoms with Gasteiger partial charge in [0, 0.05) is 17.4 Å². The number of aryl methyl sites for hydroxylation is 1. The van der Waals surface area contributed by atoms with E-state index in [0.717, 1.165) is 24.2 Å². The van der Waals surface area contributed by atoms with Crippen LogP contribution in [0.3, 0.4) is 0 Å². The summed E-state index contributed by atoms with van der Waals surface area (Å²) in [5.41, 5.74) is 3.49. The van der Waals surface area contributed by atoms with E-state index >= 15 is 0 Å². The van der Waals surface area contributed by atoms with E-state index in [1.165, 1.54) is 17.7 Å². The lowest BCUT2D eigenvalue weighted by Crippen LogP contribution is -2.33. The molecule has 100 valence electrons. The van der Waals surface area contributed by atoms with Crippen LogP contribution in [0.25, 0.3) is 0 Å². The van der Waals surface area contributed by atoms with Crippen LogP contribution in [0, 0.1) is 17.1 Å². The van der Waals surface area contributed by atoms with E-state index in [1.807, 2.05) is 18.2 Å². The predicted molar refractivity (Wildman–Crippen MR) is 77.5 cm³/mol. The van der Waals surface area contributed by atoms with Crippen molar-refractivity contribution >= 4 is 11.4 Å². The molecule has 2 nitrogen and oxygen atoms in total. The van der Waals surface area contributed by atoms with Crippen molar-refractivity contribution in [1.29, 1.82) is 5.26 Å². The SMILES string of the molecule is CC1CCc2ccccc2N1c1cc(F)cc(C#N)c1. The molecule has 3 rings (SSSR count). The Labute approximate surface area is 118 Å². The topological polar surface area (TPSA) is 27.0 Å². The number of fused-ring (bicyclic) bond motifs is 1. The van der Waals surface area contributed by atoms with Crippen LogP contribution >= 0.6 is 0 Å². The summed E-state index contributed by atoms with van der Waals surface area (Å²) in [4.78, 5) is 2.13. The maximum atomic E-state index is 13.7. The van der Waals surface area contributed by atoms with Crippen LogP contribution in [0.2, 0.25) is 0 Å². The van der Waals surface area contributed by atoms with Crippen LogP contribution in [0.5, 0.6) is 0 Å². The zero-order valence-corrected chi connectivity index (χ0v) is 11.3. The second-order valence-electron chi connectivity index (χ2n) is 5.20. The minimum absolute atomic E-state index is 0.290. The molecule has 0 radical (unpaired) electrons. The fraction of sp³-hybridized carbons (Fsp3) is 0.235. The average molecular weight is 266 g/mol. The minimum Gasteiger partial charge on any atom is -0.338 e. The Morgan fingerprint density at radius 1 is 1.25 bits per heavy atom. The van der Waals surface area contributed by atoms with Gasteiger partial charge in [0.15, 0.2) is 0 Å². The van der Waals surface area contributed by atoms with Crippen molar-refractivity contribution in [2.45, 2.75) is 25.8 Å². The maximum absolute atomic E-state index is 13.7. The monoisotopic (exact) mass is 266 g/mol. The highest BCUT2D eigenvalue weighted by Crippen LogP contribution is 2.37. The molecule has 0 fully saturated rings. The number of nitriles is 1. The summed E-state index contributed by atoms with van der Waals surface area (Å²) >= 11 is 0. The van der Waals surface area contributed by atoms with E-state index in [4.69, 9.17) is 5.26 Å². The van der Waals surface area contributed by atoms with Crippen molar-refractivity contribution in [1.82, 2.24) is 0 Å². The number of hydrogen-bond donors (Lipinski definition) is 0. The molecule has 1 heterocycles. The number of nitrogens with zero attached hydrogens (tertiary/aromatic N) is 2. The van der Waals surface area contributed by atoms with Crippen LogP contribution in [-0.2, 0) is 6.42 Å². The number of halogens is 1. The Morgan fingerprint density at radius 2 is 2.05 bits per heavy atom. The second-order valence-corrected chi connectivity index (χ2v) is 5.20. The average Bonchev–Trinajstić information content (AvgIpc) is 2.46. The Bertz CT molecular complexity index is 688. The Balaban J connectivity index is 2.14. The van der Waals surface area contributed by atoms with Gasteiger partial charge in [0.25, 0.3) is 0 Å². The molecular weight excluding hydrogens is 251 g/mol. The van der Waals surface area contributed by atoms with Crippen molar-refractivity contribution in [3.05, 3.63) is 59.4 Å². The summed E-state index contributed by atoms with van der Waals surface area (Å²) in [6, 6.07) is 15.0. The Hall–Kier alpha value is -2.34. The Morgan fingerprint density at radius 3 is 2.85 bits per heavy atom. The molecule has 0 spiro atoms. The van der Waals surface area contributed by atoms with Crippen molar-refractivity contribution in [2.24, 2.45) is 0 Å². The fourth-order valence-corrected chi connectivity index (χ4v) is 2.86. The van der Waals surface area contributed by atoms with Gasteiger partial charge in [0.1, 0.15) is 5.82 Å². The standard InChI is InChI=1S/C17H15FN2/c1-12-6-7-14-4-2-3-5-17(14)20(12)16-9-13(11-19)8-15(18)10-16/h2-5,8-10,12H,6-7H2,1H3. The lowest BCUT2D eigenvalue weighted by molar-refractivity contribution is 0.607. The van der Waals surface area contributed by atoms with E-state index in [2.05, 4.69) is 24.0 Å². The lowest BCUT2D eigenvalue weighted by atomic mass is 9.95. The van der Waals surface area contributed by atoms with Gasteiger partial charge >= 0.3 is 0 Å². The molecule has 1 atom stereocenters. The summed E-state index contributed by atoms with van der Waals surface area (Å²) in [5.74, 6) is -0.366. The first-order valence-electron chi connectivity index (χ1n) is 6.77. The summed E-state index contributed by atoms with van der Waals surface area (Å²) in [6.45, 7) is 2.13. The normalized spacial score (nSPS) is 17.4. The highest BCUT2D eigenvalue weighted by atomic mass is 19.1. The van der Waals surface area contributed by atoms with Crippen molar-refractivity contribution in [2.75, 3.05) is 4.90 Å². The highest BCUT2D eigenvalue weighted by Gasteiger charge is 2.24. The van der Waals surface area contributed by atoms with Crippen molar-refractivity contribution < 1.29 is 4.39 Å². The summed E-state index contributed by atoms with van der Waals surface area (Å²) < 4.78 is 13.7. The van der Waals surface area contributed by atoms with E-state index < -0.39 is 0 Å². The third-order valence-corrected chi connectivity index (χ3v) is 3.81. The zero-order chi connectivity index (χ0) is 14.1. The third-order valence-electron chi connectivity index (χ3n) is 3.81. The van der Waals surface area contributed by atoms with Gasteiger partial charge in [-0.1, -0.05) is 18.2 Å². The lowest BCUT2D eigenvalue weighted by Gasteiger charge is -2.37. The van der Waals surface area contributed by atoms with Crippen LogP contribution in [0.15, 0.2) is 42.5 Å². The molecule has 3 heteroatoms. The molecule has 20 heavy (non-hydrogen) atoms. The van der Waals surface area contributed by atoms with E-state index in [-0.39, 0.29) is 5.82 Å². The van der Waals surface area contributed by atoms with Gasteiger partial charge in [0.2, 0.25) is 0 Å². The first-order valence-corrected chi connectivity index (χ1v) is 6.77. The van der Waals surface area contributed by atoms with Gasteiger partial charge in [-0.2, -0.15) is 5.26 Å². The molecule has 0 aromatic heterocycles. The molecule has 2 aromatic rings. The molecule has 2 aromatic carbocycles. The minimum atomic E-state index is -0.366. The summed E-state index contributed by atoms with van der Waals surface area (Å²) in [6.07, 6.45) is 2.06. The molecule has 0 bridgehead atoms. The third kappa shape index (κ3) is 2.14. The first-order chi connectivity index (χ1) is 9.69. The van der Waals surface area contributed by atoms with Crippen LogP contribution in [0.1, 0.15) is 24.5 Å². The van der Waals surface area contributed by atoms with Gasteiger partial charge in [-0.05, 0) is 49.6 Å². The molecule has 1 aliphatic rings. The largest absolute Gasteiger partial charge is 0.338 e.